The zero-order valence-corrected chi connectivity index (χ0v) is 9.68. The van der Waals surface area contributed by atoms with E-state index in [1.54, 1.807) is 13.0 Å². The maximum Gasteiger partial charge on any atom is 0.329 e. The molecule has 1 aromatic heterocycles. The molecule has 1 unspecified atom stereocenters. The molecule has 2 heterocycles. The Bertz CT molecular complexity index is 426. The average Bonchev–Trinajstić information content (AvgIpc) is 2.82. The van der Waals surface area contributed by atoms with Crippen LogP contribution in [0.25, 0.3) is 0 Å². The van der Waals surface area contributed by atoms with Gasteiger partial charge in [0.25, 0.3) is 5.91 Å². The van der Waals surface area contributed by atoms with Crippen molar-refractivity contribution in [2.24, 2.45) is 0 Å². The number of hydrogen-bond donors (Lipinski definition) is 1. The second-order valence-corrected chi connectivity index (χ2v) is 4.50. The highest BCUT2D eigenvalue weighted by Gasteiger charge is 2.44. The van der Waals surface area contributed by atoms with Gasteiger partial charge in [0.05, 0.1) is 11.8 Å². The molecule has 1 aliphatic heterocycles. The number of furan rings is 1. The molecule has 0 spiro atoms. The molecule has 0 aromatic carbocycles. The second-order valence-electron chi connectivity index (χ2n) is 4.50. The Morgan fingerprint density at radius 3 is 2.82 bits per heavy atom. The topological polar surface area (TPSA) is 70.8 Å². The highest BCUT2D eigenvalue weighted by Crippen LogP contribution is 2.29. The van der Waals surface area contributed by atoms with Crippen LogP contribution in [0.15, 0.2) is 23.0 Å². The Morgan fingerprint density at radius 2 is 2.24 bits per heavy atom. The first-order valence-corrected chi connectivity index (χ1v) is 5.63. The number of likely N-dealkylation sites (tertiary alicyclic amines) is 1. The van der Waals surface area contributed by atoms with E-state index in [-0.39, 0.29) is 5.91 Å². The van der Waals surface area contributed by atoms with Crippen LogP contribution in [-0.4, -0.2) is 34.0 Å². The molecule has 1 amide bonds. The zero-order valence-electron chi connectivity index (χ0n) is 9.68. The van der Waals surface area contributed by atoms with E-state index in [9.17, 15) is 14.7 Å². The van der Waals surface area contributed by atoms with Crippen molar-refractivity contribution in [1.82, 2.24) is 4.90 Å². The maximum atomic E-state index is 12.2. The van der Waals surface area contributed by atoms with Gasteiger partial charge in [0.2, 0.25) is 0 Å². The van der Waals surface area contributed by atoms with Crippen molar-refractivity contribution in [2.75, 3.05) is 6.54 Å². The van der Waals surface area contributed by atoms with Crippen LogP contribution >= 0.6 is 0 Å². The third kappa shape index (κ3) is 1.92. The molecule has 0 bridgehead atoms. The quantitative estimate of drug-likeness (QED) is 0.850. The monoisotopic (exact) mass is 237 g/mol. The minimum Gasteiger partial charge on any atom is -0.480 e. The number of carbonyl (C=O) groups excluding carboxylic acids is 1. The lowest BCUT2D eigenvalue weighted by Gasteiger charge is -2.41. The van der Waals surface area contributed by atoms with E-state index in [0.29, 0.717) is 18.5 Å². The van der Waals surface area contributed by atoms with Gasteiger partial charge in [0, 0.05) is 6.54 Å². The standard InChI is InChI=1S/C12H15NO4/c1-12(11(15)16)5-2-3-6-13(12)10(14)9-4-7-17-8-9/h4,7-8H,2-3,5-6H2,1H3,(H,15,16). The predicted molar refractivity (Wildman–Crippen MR) is 59.6 cm³/mol. The summed E-state index contributed by atoms with van der Waals surface area (Å²) in [5, 5.41) is 9.30. The van der Waals surface area contributed by atoms with Crippen molar-refractivity contribution in [2.45, 2.75) is 31.7 Å². The van der Waals surface area contributed by atoms with Gasteiger partial charge in [-0.2, -0.15) is 0 Å². The summed E-state index contributed by atoms with van der Waals surface area (Å²) < 4.78 is 4.86. The van der Waals surface area contributed by atoms with Crippen LogP contribution in [-0.2, 0) is 4.79 Å². The Hall–Kier alpha value is -1.78. The highest BCUT2D eigenvalue weighted by atomic mass is 16.4. The smallest absolute Gasteiger partial charge is 0.329 e. The summed E-state index contributed by atoms with van der Waals surface area (Å²) in [6.45, 7) is 2.08. The SMILES string of the molecule is CC1(C(=O)O)CCCCN1C(=O)c1ccoc1. The van der Waals surface area contributed by atoms with Crippen molar-refractivity contribution in [3.63, 3.8) is 0 Å². The lowest BCUT2D eigenvalue weighted by molar-refractivity contribution is -0.150. The Labute approximate surface area is 99.0 Å². The summed E-state index contributed by atoms with van der Waals surface area (Å²) in [5.74, 6) is -1.22. The lowest BCUT2D eigenvalue weighted by Crippen LogP contribution is -2.57. The van der Waals surface area contributed by atoms with Crippen LogP contribution in [0.1, 0.15) is 36.5 Å². The molecule has 0 saturated carbocycles. The number of carboxylic acid groups (broad SMARTS) is 1. The highest BCUT2D eigenvalue weighted by molar-refractivity contribution is 5.97. The van der Waals surface area contributed by atoms with E-state index in [0.717, 1.165) is 12.8 Å². The Kier molecular flexibility index (Phi) is 2.92. The van der Waals surface area contributed by atoms with E-state index in [1.165, 1.54) is 17.4 Å². The number of aliphatic carboxylic acids is 1. The van der Waals surface area contributed by atoms with Gasteiger partial charge in [0.1, 0.15) is 11.8 Å². The molecule has 5 nitrogen and oxygen atoms in total. The van der Waals surface area contributed by atoms with Crippen molar-refractivity contribution in [3.05, 3.63) is 24.2 Å². The summed E-state index contributed by atoms with van der Waals surface area (Å²) in [7, 11) is 0. The predicted octanol–water partition coefficient (Wildman–Crippen LogP) is 1.75. The third-order valence-electron chi connectivity index (χ3n) is 3.37. The van der Waals surface area contributed by atoms with Crippen LogP contribution in [0.3, 0.4) is 0 Å². The van der Waals surface area contributed by atoms with E-state index in [2.05, 4.69) is 0 Å². The molecule has 1 aromatic rings. The van der Waals surface area contributed by atoms with Crippen molar-refractivity contribution in [3.8, 4) is 0 Å². The molecule has 1 atom stereocenters. The van der Waals surface area contributed by atoms with E-state index in [1.807, 2.05) is 0 Å². The summed E-state index contributed by atoms with van der Waals surface area (Å²) in [4.78, 5) is 25.0. The molecule has 1 N–H and O–H groups in total. The summed E-state index contributed by atoms with van der Waals surface area (Å²) >= 11 is 0. The summed E-state index contributed by atoms with van der Waals surface area (Å²) in [6.07, 6.45) is 4.92. The summed E-state index contributed by atoms with van der Waals surface area (Å²) in [5.41, 5.74) is -0.702. The molecular weight excluding hydrogens is 222 g/mol. The number of rotatable bonds is 2. The van der Waals surface area contributed by atoms with E-state index >= 15 is 0 Å². The minimum atomic E-state index is -1.10. The third-order valence-corrected chi connectivity index (χ3v) is 3.37. The van der Waals surface area contributed by atoms with E-state index in [4.69, 9.17) is 4.42 Å². The van der Waals surface area contributed by atoms with Gasteiger partial charge < -0.3 is 14.4 Å². The number of hydrogen-bond acceptors (Lipinski definition) is 3. The lowest BCUT2D eigenvalue weighted by atomic mass is 9.88. The minimum absolute atomic E-state index is 0.275. The van der Waals surface area contributed by atoms with Gasteiger partial charge in [-0.25, -0.2) is 4.79 Å². The number of amides is 1. The number of piperidine rings is 1. The number of nitrogens with zero attached hydrogens (tertiary/aromatic N) is 1. The van der Waals surface area contributed by atoms with Gasteiger partial charge in [0.15, 0.2) is 0 Å². The van der Waals surface area contributed by atoms with E-state index < -0.39 is 11.5 Å². The van der Waals surface area contributed by atoms with Crippen molar-refractivity contribution >= 4 is 11.9 Å². The molecule has 1 aliphatic rings. The molecule has 1 saturated heterocycles. The first kappa shape index (κ1) is 11.7. The first-order chi connectivity index (χ1) is 8.05. The molecular formula is C12H15NO4. The largest absolute Gasteiger partial charge is 0.480 e. The van der Waals surface area contributed by atoms with Crippen molar-refractivity contribution < 1.29 is 19.1 Å². The van der Waals surface area contributed by atoms with Gasteiger partial charge in [-0.1, -0.05) is 0 Å². The number of carboxylic acids is 1. The molecule has 17 heavy (non-hydrogen) atoms. The van der Waals surface area contributed by atoms with Crippen LogP contribution < -0.4 is 0 Å². The Morgan fingerprint density at radius 1 is 1.47 bits per heavy atom. The van der Waals surface area contributed by atoms with Crippen LogP contribution in [0, 0.1) is 0 Å². The molecule has 1 fully saturated rings. The van der Waals surface area contributed by atoms with Crippen molar-refractivity contribution in [1.29, 1.82) is 0 Å². The first-order valence-electron chi connectivity index (χ1n) is 5.63. The summed E-state index contributed by atoms with van der Waals surface area (Å²) in [6, 6.07) is 1.55. The maximum absolute atomic E-state index is 12.2. The van der Waals surface area contributed by atoms with Gasteiger partial charge in [-0.3, -0.25) is 4.79 Å². The van der Waals surface area contributed by atoms with Gasteiger partial charge >= 0.3 is 5.97 Å². The molecule has 0 radical (unpaired) electrons. The molecule has 0 aliphatic carbocycles. The van der Waals surface area contributed by atoms with Gasteiger partial charge in [-0.15, -0.1) is 0 Å². The molecule has 92 valence electrons. The fourth-order valence-corrected chi connectivity index (χ4v) is 2.21. The normalized spacial score (nSPS) is 24.6. The van der Waals surface area contributed by atoms with Crippen LogP contribution in [0.2, 0.25) is 0 Å². The fourth-order valence-electron chi connectivity index (χ4n) is 2.21. The number of carbonyl (C=O) groups is 2. The van der Waals surface area contributed by atoms with Gasteiger partial charge in [-0.05, 0) is 32.3 Å². The Balaban J connectivity index is 2.29. The zero-order chi connectivity index (χ0) is 12.5. The average molecular weight is 237 g/mol. The second kappa shape index (κ2) is 4.24. The fraction of sp³-hybridized carbons (Fsp3) is 0.500. The molecule has 2 rings (SSSR count). The van der Waals surface area contributed by atoms with Crippen LogP contribution in [0.5, 0.6) is 0 Å². The molecule has 5 heteroatoms. The van der Waals surface area contributed by atoms with Crippen LogP contribution in [0.4, 0.5) is 0 Å².